The minimum absolute atomic E-state index is 0.283. The van der Waals surface area contributed by atoms with Crippen LogP contribution in [0.3, 0.4) is 0 Å². The van der Waals surface area contributed by atoms with Gasteiger partial charge in [0.05, 0.1) is 5.69 Å². The van der Waals surface area contributed by atoms with Gasteiger partial charge in [-0.25, -0.2) is 9.97 Å². The fourth-order valence-corrected chi connectivity index (χ4v) is 4.85. The number of benzene rings is 1. The standard InChI is InChI=1S/C20H18N6O2S/c27-29(28)18-4-2-1-3-16(18)19(24-29)25-11-13-26(14-12-25)20-22-10-7-17(23-20)15-5-8-21-9-6-15/h1-10H,11-14H2. The van der Waals surface area contributed by atoms with Crippen molar-refractivity contribution in [2.75, 3.05) is 31.1 Å². The number of sulfonamides is 1. The first-order valence-electron chi connectivity index (χ1n) is 9.29. The number of aromatic nitrogens is 3. The van der Waals surface area contributed by atoms with Gasteiger partial charge in [0, 0.05) is 55.9 Å². The van der Waals surface area contributed by atoms with Gasteiger partial charge in [0.25, 0.3) is 10.0 Å². The molecule has 9 heteroatoms. The fraction of sp³-hybridized carbons (Fsp3) is 0.200. The van der Waals surface area contributed by atoms with E-state index in [-0.39, 0.29) is 4.90 Å². The van der Waals surface area contributed by atoms with Gasteiger partial charge in [0.15, 0.2) is 5.84 Å². The van der Waals surface area contributed by atoms with Gasteiger partial charge in [0.2, 0.25) is 5.95 Å². The molecule has 1 saturated heterocycles. The molecule has 0 saturated carbocycles. The topological polar surface area (TPSA) is 91.7 Å². The van der Waals surface area contributed by atoms with Crippen LogP contribution in [0.4, 0.5) is 5.95 Å². The smallest absolute Gasteiger partial charge is 0.285 e. The molecule has 0 bridgehead atoms. The lowest BCUT2D eigenvalue weighted by atomic mass is 10.1. The second-order valence-electron chi connectivity index (χ2n) is 6.84. The van der Waals surface area contributed by atoms with Crippen LogP contribution >= 0.6 is 0 Å². The summed E-state index contributed by atoms with van der Waals surface area (Å²) in [4.78, 5) is 17.6. The molecule has 146 valence electrons. The van der Waals surface area contributed by atoms with Gasteiger partial charge in [-0.15, -0.1) is 4.40 Å². The van der Waals surface area contributed by atoms with E-state index in [0.29, 0.717) is 43.5 Å². The van der Waals surface area contributed by atoms with E-state index in [1.807, 2.05) is 35.2 Å². The fourth-order valence-electron chi connectivity index (χ4n) is 3.62. The predicted octanol–water partition coefficient (Wildman–Crippen LogP) is 1.81. The lowest BCUT2D eigenvalue weighted by molar-refractivity contribution is 0.384. The molecular weight excluding hydrogens is 388 g/mol. The van der Waals surface area contributed by atoms with Crippen molar-refractivity contribution in [1.82, 2.24) is 19.9 Å². The Balaban J connectivity index is 1.34. The van der Waals surface area contributed by atoms with Crippen LogP contribution in [-0.2, 0) is 10.0 Å². The highest BCUT2D eigenvalue weighted by molar-refractivity contribution is 7.90. The molecule has 29 heavy (non-hydrogen) atoms. The molecule has 0 amide bonds. The minimum atomic E-state index is -3.60. The highest BCUT2D eigenvalue weighted by Crippen LogP contribution is 2.28. The Labute approximate surface area is 168 Å². The molecular formula is C20H18N6O2S. The monoisotopic (exact) mass is 406 g/mol. The SMILES string of the molecule is O=S1(=O)N=C(N2CCN(c3nccc(-c4ccncc4)n3)CC2)c2ccccc21. The van der Waals surface area contributed by atoms with E-state index in [2.05, 4.69) is 19.3 Å². The summed E-state index contributed by atoms with van der Waals surface area (Å²) < 4.78 is 28.7. The van der Waals surface area contributed by atoms with Crippen LogP contribution in [0, 0.1) is 0 Å². The maximum Gasteiger partial charge on any atom is 0.285 e. The zero-order chi connectivity index (χ0) is 19.8. The molecule has 0 spiro atoms. The molecule has 2 aliphatic heterocycles. The van der Waals surface area contributed by atoms with Crippen LogP contribution < -0.4 is 4.90 Å². The Bertz CT molecular complexity index is 1190. The molecule has 0 N–H and O–H groups in total. The molecule has 0 aliphatic carbocycles. The van der Waals surface area contributed by atoms with Crippen LogP contribution in [0.15, 0.2) is 70.3 Å². The third-order valence-electron chi connectivity index (χ3n) is 5.09. The van der Waals surface area contributed by atoms with Crippen molar-refractivity contribution in [3.05, 3.63) is 66.6 Å². The number of rotatable bonds is 2. The van der Waals surface area contributed by atoms with E-state index >= 15 is 0 Å². The zero-order valence-corrected chi connectivity index (χ0v) is 16.3. The van der Waals surface area contributed by atoms with Crippen molar-refractivity contribution < 1.29 is 8.42 Å². The zero-order valence-electron chi connectivity index (χ0n) is 15.5. The number of fused-ring (bicyclic) bond motifs is 1. The summed E-state index contributed by atoms with van der Waals surface area (Å²) in [5.74, 6) is 1.20. The Morgan fingerprint density at radius 3 is 2.34 bits per heavy atom. The maximum absolute atomic E-state index is 12.3. The Morgan fingerprint density at radius 2 is 1.55 bits per heavy atom. The van der Waals surface area contributed by atoms with Gasteiger partial charge >= 0.3 is 0 Å². The summed E-state index contributed by atoms with van der Waals surface area (Å²) in [7, 11) is -3.60. The Kier molecular flexibility index (Phi) is 4.24. The van der Waals surface area contributed by atoms with Crippen molar-refractivity contribution in [2.45, 2.75) is 4.90 Å². The first-order valence-corrected chi connectivity index (χ1v) is 10.7. The van der Waals surface area contributed by atoms with Gasteiger partial charge in [-0.2, -0.15) is 8.42 Å². The van der Waals surface area contributed by atoms with Crippen LogP contribution in [-0.4, -0.2) is 60.3 Å². The van der Waals surface area contributed by atoms with Crippen LogP contribution in [0.25, 0.3) is 11.3 Å². The number of amidine groups is 1. The van der Waals surface area contributed by atoms with Crippen molar-refractivity contribution in [3.63, 3.8) is 0 Å². The van der Waals surface area contributed by atoms with Gasteiger partial charge in [-0.05, 0) is 30.3 Å². The quantitative estimate of drug-likeness (QED) is 0.641. The number of hydrogen-bond donors (Lipinski definition) is 0. The minimum Gasteiger partial charge on any atom is -0.352 e. The Hall–Kier alpha value is -3.33. The first-order chi connectivity index (χ1) is 14.1. The van der Waals surface area contributed by atoms with E-state index < -0.39 is 10.0 Å². The number of piperazine rings is 1. The highest BCUT2D eigenvalue weighted by atomic mass is 32.2. The van der Waals surface area contributed by atoms with E-state index in [0.717, 1.165) is 11.3 Å². The van der Waals surface area contributed by atoms with Crippen LogP contribution in [0.1, 0.15) is 5.56 Å². The molecule has 0 unspecified atom stereocenters. The highest BCUT2D eigenvalue weighted by Gasteiger charge is 2.33. The Morgan fingerprint density at radius 1 is 0.828 bits per heavy atom. The number of anilines is 1. The maximum atomic E-state index is 12.3. The third kappa shape index (κ3) is 3.23. The predicted molar refractivity (Wildman–Crippen MR) is 109 cm³/mol. The second kappa shape index (κ2) is 6.93. The van der Waals surface area contributed by atoms with Crippen molar-refractivity contribution in [3.8, 4) is 11.3 Å². The molecule has 0 atom stereocenters. The summed E-state index contributed by atoms with van der Waals surface area (Å²) in [6.07, 6.45) is 5.24. The molecule has 0 radical (unpaired) electrons. The van der Waals surface area contributed by atoms with Crippen LogP contribution in [0.2, 0.25) is 0 Å². The second-order valence-corrected chi connectivity index (χ2v) is 8.41. The van der Waals surface area contributed by atoms with Crippen molar-refractivity contribution >= 4 is 21.8 Å². The number of nitrogens with zero attached hydrogens (tertiary/aromatic N) is 6. The van der Waals surface area contributed by atoms with Gasteiger partial charge < -0.3 is 9.80 Å². The van der Waals surface area contributed by atoms with E-state index in [4.69, 9.17) is 4.98 Å². The molecule has 1 aromatic carbocycles. The molecule has 3 aromatic rings. The van der Waals surface area contributed by atoms with Gasteiger partial charge in [-0.3, -0.25) is 4.98 Å². The summed E-state index contributed by atoms with van der Waals surface area (Å²) in [6.45, 7) is 2.65. The average molecular weight is 406 g/mol. The average Bonchev–Trinajstić information content (AvgIpc) is 3.06. The normalized spacial score (nSPS) is 17.7. The van der Waals surface area contributed by atoms with Crippen molar-refractivity contribution in [2.24, 2.45) is 4.40 Å². The molecule has 2 aromatic heterocycles. The number of hydrogen-bond acceptors (Lipinski definition) is 7. The molecule has 5 rings (SSSR count). The molecule has 1 fully saturated rings. The lowest BCUT2D eigenvalue weighted by Gasteiger charge is -2.35. The summed E-state index contributed by atoms with van der Waals surface area (Å²) in [6, 6.07) is 12.7. The summed E-state index contributed by atoms with van der Waals surface area (Å²) in [5, 5.41) is 0. The first kappa shape index (κ1) is 17.7. The van der Waals surface area contributed by atoms with Gasteiger partial charge in [0.1, 0.15) is 4.90 Å². The van der Waals surface area contributed by atoms with Crippen LogP contribution in [0.5, 0.6) is 0 Å². The lowest BCUT2D eigenvalue weighted by Crippen LogP contribution is -2.49. The molecule has 8 nitrogen and oxygen atoms in total. The number of pyridine rings is 1. The van der Waals surface area contributed by atoms with Crippen molar-refractivity contribution in [1.29, 1.82) is 0 Å². The molecule has 2 aliphatic rings. The van der Waals surface area contributed by atoms with E-state index in [1.54, 1.807) is 30.7 Å². The van der Waals surface area contributed by atoms with E-state index in [9.17, 15) is 8.42 Å². The third-order valence-corrected chi connectivity index (χ3v) is 6.42. The van der Waals surface area contributed by atoms with E-state index in [1.165, 1.54) is 0 Å². The summed E-state index contributed by atoms with van der Waals surface area (Å²) >= 11 is 0. The largest absolute Gasteiger partial charge is 0.352 e. The summed E-state index contributed by atoms with van der Waals surface area (Å²) in [5.41, 5.74) is 2.52. The van der Waals surface area contributed by atoms with Gasteiger partial charge in [-0.1, -0.05) is 12.1 Å². The molecule has 4 heterocycles.